The number of amides is 1. The van der Waals surface area contributed by atoms with Gasteiger partial charge in [-0.15, -0.1) is 0 Å². The third kappa shape index (κ3) is 3.65. The number of aromatic nitrogens is 2. The molecule has 27 heavy (non-hydrogen) atoms. The van der Waals surface area contributed by atoms with Crippen LogP contribution < -0.4 is 16.0 Å². The molecular formula is C19H23FN6O. The van der Waals surface area contributed by atoms with Gasteiger partial charge in [-0.05, 0) is 31.0 Å². The van der Waals surface area contributed by atoms with Crippen LogP contribution in [-0.4, -0.2) is 46.6 Å². The number of carbonyl (C=O) groups is 1. The lowest BCUT2D eigenvalue weighted by atomic mass is 9.98. The van der Waals surface area contributed by atoms with Gasteiger partial charge in [0.05, 0.1) is 6.20 Å². The summed E-state index contributed by atoms with van der Waals surface area (Å²) in [4.78, 5) is 22.0. The summed E-state index contributed by atoms with van der Waals surface area (Å²) >= 11 is 0. The van der Waals surface area contributed by atoms with E-state index in [0.29, 0.717) is 18.9 Å². The maximum absolute atomic E-state index is 14.2. The molecule has 4 rings (SSSR count). The summed E-state index contributed by atoms with van der Waals surface area (Å²) in [5.74, 6) is 0.577. The van der Waals surface area contributed by atoms with Crippen LogP contribution in [0.5, 0.6) is 0 Å². The van der Waals surface area contributed by atoms with Crippen LogP contribution in [0.3, 0.4) is 0 Å². The molecule has 1 unspecified atom stereocenters. The van der Waals surface area contributed by atoms with Gasteiger partial charge in [0.15, 0.2) is 17.5 Å². The van der Waals surface area contributed by atoms with Crippen molar-refractivity contribution in [1.82, 2.24) is 25.5 Å². The molecule has 0 bridgehead atoms. The summed E-state index contributed by atoms with van der Waals surface area (Å²) < 4.78 is 14.2. The molecule has 2 atom stereocenters. The van der Waals surface area contributed by atoms with Crippen LogP contribution in [0.2, 0.25) is 0 Å². The first-order chi connectivity index (χ1) is 13.1. The van der Waals surface area contributed by atoms with Gasteiger partial charge in [0.2, 0.25) is 5.91 Å². The molecule has 3 aliphatic heterocycles. The van der Waals surface area contributed by atoms with Gasteiger partial charge in [-0.3, -0.25) is 4.79 Å². The summed E-state index contributed by atoms with van der Waals surface area (Å²) in [6.07, 6.45) is 10.8. The molecule has 0 radical (unpaired) electrons. The maximum atomic E-state index is 14.2. The molecule has 7 nitrogen and oxygen atoms in total. The molecule has 0 aromatic carbocycles. The van der Waals surface area contributed by atoms with Gasteiger partial charge >= 0.3 is 0 Å². The normalized spacial score (nSPS) is 23.7. The fourth-order valence-electron chi connectivity index (χ4n) is 3.70. The van der Waals surface area contributed by atoms with Crippen LogP contribution in [0.4, 0.5) is 10.2 Å². The van der Waals surface area contributed by atoms with E-state index in [9.17, 15) is 9.18 Å². The van der Waals surface area contributed by atoms with Crippen molar-refractivity contribution >= 4 is 17.3 Å². The highest BCUT2D eigenvalue weighted by molar-refractivity contribution is 5.80. The predicted octanol–water partition coefficient (Wildman–Crippen LogP) is 1.60. The molecule has 1 aromatic heterocycles. The Hall–Kier alpha value is -2.90. The number of rotatable bonds is 4. The molecule has 1 amide bonds. The van der Waals surface area contributed by atoms with Crippen LogP contribution in [0.1, 0.15) is 25.6 Å². The number of hydrogen-bond acceptors (Lipinski definition) is 6. The minimum absolute atomic E-state index is 0.00475. The molecule has 142 valence electrons. The van der Waals surface area contributed by atoms with Crippen molar-refractivity contribution < 1.29 is 9.18 Å². The van der Waals surface area contributed by atoms with Crippen LogP contribution in [-0.2, 0) is 4.79 Å². The second-order valence-corrected chi connectivity index (χ2v) is 7.05. The Labute approximate surface area is 157 Å². The van der Waals surface area contributed by atoms with Crippen molar-refractivity contribution in [1.29, 1.82) is 0 Å². The minimum Gasteiger partial charge on any atom is -0.368 e. The molecule has 3 aliphatic rings. The first kappa shape index (κ1) is 17.5. The lowest BCUT2D eigenvalue weighted by Crippen LogP contribution is -2.40. The highest BCUT2D eigenvalue weighted by Gasteiger charge is 2.27. The Morgan fingerprint density at radius 2 is 2.33 bits per heavy atom. The van der Waals surface area contributed by atoms with Crippen molar-refractivity contribution in [2.45, 2.75) is 25.9 Å². The summed E-state index contributed by atoms with van der Waals surface area (Å²) in [6.45, 7) is 3.66. The second-order valence-electron chi connectivity index (χ2n) is 7.05. The number of nitrogens with zero attached hydrogens (tertiary/aromatic N) is 3. The predicted molar refractivity (Wildman–Crippen MR) is 101 cm³/mol. The highest BCUT2D eigenvalue weighted by Crippen LogP contribution is 2.29. The van der Waals surface area contributed by atoms with Crippen molar-refractivity contribution in [3.05, 3.63) is 48.0 Å². The summed E-state index contributed by atoms with van der Waals surface area (Å²) in [6, 6.07) is 0. The lowest BCUT2D eigenvalue weighted by Gasteiger charge is -2.32. The van der Waals surface area contributed by atoms with Gasteiger partial charge in [-0.2, -0.15) is 0 Å². The molecule has 3 N–H and O–H groups in total. The summed E-state index contributed by atoms with van der Waals surface area (Å²) in [7, 11) is 0. The third-order valence-corrected chi connectivity index (χ3v) is 5.16. The summed E-state index contributed by atoms with van der Waals surface area (Å²) in [5, 5.41) is 9.53. The molecule has 1 saturated heterocycles. The number of piperidine rings is 1. The van der Waals surface area contributed by atoms with Crippen molar-refractivity contribution in [2.24, 2.45) is 5.92 Å². The number of anilines is 1. The van der Waals surface area contributed by atoms with Crippen LogP contribution in [0, 0.1) is 11.7 Å². The first-order valence-corrected chi connectivity index (χ1v) is 9.23. The number of halogens is 1. The van der Waals surface area contributed by atoms with Crippen molar-refractivity contribution in [2.75, 3.05) is 25.0 Å². The molecule has 8 heteroatoms. The average molecular weight is 370 g/mol. The Morgan fingerprint density at radius 1 is 1.44 bits per heavy atom. The third-order valence-electron chi connectivity index (χ3n) is 5.16. The zero-order valence-corrected chi connectivity index (χ0v) is 15.2. The van der Waals surface area contributed by atoms with Crippen LogP contribution >= 0.6 is 0 Å². The van der Waals surface area contributed by atoms with E-state index in [4.69, 9.17) is 0 Å². The molecule has 0 aliphatic carbocycles. The SMILES string of the molecule is CC(=O)N1CCC[C@H](CNc2nc(C3=CNC4NC=CC=C34)ncc2F)C1. The smallest absolute Gasteiger partial charge is 0.219 e. The Morgan fingerprint density at radius 3 is 3.19 bits per heavy atom. The molecule has 4 heterocycles. The van der Waals surface area contributed by atoms with Crippen molar-refractivity contribution in [3.8, 4) is 0 Å². The van der Waals surface area contributed by atoms with Gasteiger partial charge in [-0.1, -0.05) is 6.08 Å². The van der Waals surface area contributed by atoms with E-state index in [1.165, 1.54) is 6.20 Å². The topological polar surface area (TPSA) is 82.2 Å². The first-order valence-electron chi connectivity index (χ1n) is 9.23. The zero-order chi connectivity index (χ0) is 18.8. The van der Waals surface area contributed by atoms with E-state index in [1.54, 1.807) is 6.92 Å². The molecule has 0 saturated carbocycles. The fraction of sp³-hybridized carbons (Fsp3) is 0.421. The number of fused-ring (bicyclic) bond motifs is 1. The monoisotopic (exact) mass is 370 g/mol. The number of dihydropyridines is 1. The average Bonchev–Trinajstić information content (AvgIpc) is 3.12. The fourth-order valence-corrected chi connectivity index (χ4v) is 3.70. The quantitative estimate of drug-likeness (QED) is 0.747. The van der Waals surface area contributed by atoms with Gasteiger partial charge in [0.1, 0.15) is 6.17 Å². The van der Waals surface area contributed by atoms with E-state index < -0.39 is 5.82 Å². The molecule has 1 aromatic rings. The molecule has 1 fully saturated rings. The standard InChI is InChI=1S/C19H23FN6O/c1-12(27)26-7-3-4-13(11-26)8-22-19-16(20)10-24-18(25-19)15-9-23-17-14(15)5-2-6-21-17/h2,5-6,9-10,13,17,21,23H,3-4,7-8,11H2,1H3,(H,22,24,25)/t13-,17?/m1/s1. The Kier molecular flexibility index (Phi) is 4.79. The largest absolute Gasteiger partial charge is 0.368 e. The van der Waals surface area contributed by atoms with E-state index in [1.807, 2.05) is 29.5 Å². The number of hydrogen-bond donors (Lipinski definition) is 3. The lowest BCUT2D eigenvalue weighted by molar-refractivity contribution is -0.130. The number of allylic oxidation sites excluding steroid dienone is 2. The molecule has 0 spiro atoms. The van der Waals surface area contributed by atoms with Gasteiger partial charge in [0.25, 0.3) is 0 Å². The van der Waals surface area contributed by atoms with Gasteiger partial charge in [0, 0.05) is 43.9 Å². The van der Waals surface area contributed by atoms with Crippen LogP contribution in [0.15, 0.2) is 36.3 Å². The maximum Gasteiger partial charge on any atom is 0.219 e. The summed E-state index contributed by atoms with van der Waals surface area (Å²) in [5.41, 5.74) is 1.87. The Balaban J connectivity index is 1.46. The Bertz CT molecular complexity index is 833. The number of nitrogens with one attached hydrogen (secondary N) is 3. The van der Waals surface area contributed by atoms with Gasteiger partial charge in [-0.25, -0.2) is 14.4 Å². The minimum atomic E-state index is -0.475. The number of carbonyl (C=O) groups excluding carboxylic acids is 1. The van der Waals surface area contributed by atoms with E-state index in [2.05, 4.69) is 25.9 Å². The van der Waals surface area contributed by atoms with E-state index in [-0.39, 0.29) is 23.8 Å². The number of likely N-dealkylation sites (tertiary alicyclic amines) is 1. The van der Waals surface area contributed by atoms with Crippen molar-refractivity contribution in [3.63, 3.8) is 0 Å². The highest BCUT2D eigenvalue weighted by atomic mass is 19.1. The zero-order valence-electron chi connectivity index (χ0n) is 15.2. The second kappa shape index (κ2) is 7.38. The van der Waals surface area contributed by atoms with Crippen LogP contribution in [0.25, 0.3) is 5.57 Å². The van der Waals surface area contributed by atoms with E-state index >= 15 is 0 Å². The van der Waals surface area contributed by atoms with Gasteiger partial charge < -0.3 is 20.9 Å². The molecular weight excluding hydrogens is 347 g/mol. The van der Waals surface area contributed by atoms with E-state index in [0.717, 1.165) is 30.5 Å².